The summed E-state index contributed by atoms with van der Waals surface area (Å²) in [7, 11) is 0. The normalized spacial score (nSPS) is 20.2. The van der Waals surface area contributed by atoms with Gasteiger partial charge >= 0.3 is 23.9 Å². The molecule has 2 heterocycles. The molecule has 2 aliphatic rings. The van der Waals surface area contributed by atoms with Crippen LogP contribution in [0.3, 0.4) is 0 Å². The third-order valence-electron chi connectivity index (χ3n) is 5.14. The fraction of sp³-hybridized carbons (Fsp3) is 0.750. The number of nitrogens with zero attached hydrogens (tertiary/aromatic N) is 4. The van der Waals surface area contributed by atoms with Crippen LogP contribution in [-0.2, 0) is 19.2 Å². The second-order valence-corrected chi connectivity index (χ2v) is 6.93. The van der Waals surface area contributed by atoms with Crippen LogP contribution in [0.4, 0.5) is 0 Å². The number of carboxylic acids is 4. The van der Waals surface area contributed by atoms with Crippen molar-refractivity contribution < 1.29 is 39.6 Å². The number of carbonyl (C=O) groups is 4. The molecule has 164 valence electrons. The summed E-state index contributed by atoms with van der Waals surface area (Å²) in [6, 6.07) is -3.35. The van der Waals surface area contributed by atoms with E-state index in [2.05, 4.69) is 10.3 Å². The average Bonchev–Trinajstić information content (AvgIpc) is 2.59. The summed E-state index contributed by atoms with van der Waals surface area (Å²) < 4.78 is 0. The zero-order valence-electron chi connectivity index (χ0n) is 15.9. The quantitative estimate of drug-likeness (QED) is 0.237. The Bertz CT molecular complexity index is 604. The van der Waals surface area contributed by atoms with E-state index in [9.17, 15) is 29.4 Å². The van der Waals surface area contributed by atoms with Crippen LogP contribution >= 0.6 is 0 Å². The number of hydrogen-bond donors (Lipinski definition) is 5. The predicted octanol–water partition coefficient (Wildman–Crippen LogP) is -3.20. The van der Waals surface area contributed by atoms with Gasteiger partial charge in [-0.3, -0.25) is 15.1 Å². The van der Waals surface area contributed by atoms with Gasteiger partial charge in [0.15, 0.2) is 0 Å². The van der Waals surface area contributed by atoms with Gasteiger partial charge < -0.3 is 20.4 Å². The first kappa shape index (κ1) is 23.0. The molecule has 0 aliphatic carbocycles. The molecule has 13 heteroatoms. The Labute approximate surface area is 167 Å². The molecular formula is C16H27N5O8. The molecule has 13 nitrogen and oxygen atoms in total. The number of hydrazine groups is 1. The highest BCUT2D eigenvalue weighted by Crippen LogP contribution is 2.12. The molecule has 0 aromatic carbocycles. The SMILES string of the molecule is O=C(O)C(NCCN1CCN(C(C(=O)O)C(=O)O)CCN2CCN2CC1)C(=O)O. The first-order valence-corrected chi connectivity index (χ1v) is 9.31. The molecule has 29 heavy (non-hydrogen) atoms. The van der Waals surface area contributed by atoms with Crippen LogP contribution in [0.5, 0.6) is 0 Å². The van der Waals surface area contributed by atoms with E-state index in [4.69, 9.17) is 10.2 Å². The lowest BCUT2D eigenvalue weighted by Gasteiger charge is -2.47. The highest BCUT2D eigenvalue weighted by molar-refractivity contribution is 5.97. The van der Waals surface area contributed by atoms with Gasteiger partial charge in [-0.2, -0.15) is 0 Å². The van der Waals surface area contributed by atoms with Crippen LogP contribution < -0.4 is 5.32 Å². The number of nitrogens with one attached hydrogen (secondary N) is 1. The van der Waals surface area contributed by atoms with E-state index in [1.165, 1.54) is 4.90 Å². The third kappa shape index (κ3) is 6.33. The summed E-state index contributed by atoms with van der Waals surface area (Å²) in [5.41, 5.74) is 0. The Balaban J connectivity index is 2.00. The molecule has 2 aliphatic heterocycles. The van der Waals surface area contributed by atoms with E-state index in [0.717, 1.165) is 19.6 Å². The van der Waals surface area contributed by atoms with E-state index >= 15 is 0 Å². The average molecular weight is 417 g/mol. The minimum Gasteiger partial charge on any atom is -0.480 e. The minimum atomic E-state index is -1.71. The van der Waals surface area contributed by atoms with Crippen LogP contribution in [-0.4, -0.2) is 142 Å². The van der Waals surface area contributed by atoms with Crippen molar-refractivity contribution in [3.63, 3.8) is 0 Å². The lowest BCUT2D eigenvalue weighted by molar-refractivity contribution is -0.159. The Morgan fingerprint density at radius 2 is 1.14 bits per heavy atom. The fourth-order valence-electron chi connectivity index (χ4n) is 3.43. The summed E-state index contributed by atoms with van der Waals surface area (Å²) in [5, 5.41) is 43.0. The van der Waals surface area contributed by atoms with Crippen molar-refractivity contribution in [3.05, 3.63) is 0 Å². The molecule has 2 rings (SSSR count). The lowest BCUT2D eigenvalue weighted by Crippen LogP contribution is -2.62. The first-order valence-electron chi connectivity index (χ1n) is 9.31. The molecule has 0 radical (unpaired) electrons. The number of rotatable bonds is 9. The zero-order chi connectivity index (χ0) is 21.6. The Kier molecular flexibility index (Phi) is 8.28. The number of fused-ring (bicyclic) bond motifs is 1. The zero-order valence-corrected chi connectivity index (χ0v) is 15.9. The third-order valence-corrected chi connectivity index (χ3v) is 5.14. The van der Waals surface area contributed by atoms with E-state index in [0.29, 0.717) is 26.2 Å². The molecule has 2 fully saturated rings. The van der Waals surface area contributed by atoms with Crippen molar-refractivity contribution in [2.45, 2.75) is 12.1 Å². The highest BCUT2D eigenvalue weighted by atomic mass is 16.4. The summed E-state index contributed by atoms with van der Waals surface area (Å²) in [4.78, 5) is 48.1. The van der Waals surface area contributed by atoms with Gasteiger partial charge in [0.1, 0.15) is 0 Å². The molecule has 0 spiro atoms. The van der Waals surface area contributed by atoms with Gasteiger partial charge in [0.05, 0.1) is 0 Å². The molecule has 2 saturated heterocycles. The maximum Gasteiger partial charge on any atom is 0.332 e. The van der Waals surface area contributed by atoms with Crippen LogP contribution in [0.25, 0.3) is 0 Å². The molecule has 0 aromatic rings. The van der Waals surface area contributed by atoms with Gasteiger partial charge in [-0.25, -0.2) is 29.2 Å². The maximum absolute atomic E-state index is 11.4. The molecule has 0 unspecified atom stereocenters. The topological polar surface area (TPSA) is 174 Å². The summed E-state index contributed by atoms with van der Waals surface area (Å²) >= 11 is 0. The fourth-order valence-corrected chi connectivity index (χ4v) is 3.43. The lowest BCUT2D eigenvalue weighted by atomic mass is 10.2. The van der Waals surface area contributed by atoms with Gasteiger partial charge in [-0.1, -0.05) is 0 Å². The van der Waals surface area contributed by atoms with Crippen molar-refractivity contribution in [1.82, 2.24) is 25.1 Å². The molecule has 0 bridgehead atoms. The van der Waals surface area contributed by atoms with Crippen molar-refractivity contribution in [2.75, 3.05) is 65.4 Å². The van der Waals surface area contributed by atoms with Crippen LogP contribution in [0.15, 0.2) is 0 Å². The maximum atomic E-state index is 11.4. The van der Waals surface area contributed by atoms with E-state index < -0.39 is 36.0 Å². The predicted molar refractivity (Wildman–Crippen MR) is 97.3 cm³/mol. The van der Waals surface area contributed by atoms with E-state index in [1.54, 1.807) is 0 Å². The Morgan fingerprint density at radius 1 is 0.690 bits per heavy atom. The summed E-state index contributed by atoms with van der Waals surface area (Å²) in [6.45, 7) is 4.84. The molecule has 0 aromatic heterocycles. The van der Waals surface area contributed by atoms with Gasteiger partial charge in [0.25, 0.3) is 0 Å². The molecular weight excluding hydrogens is 390 g/mol. The number of carboxylic acid groups (broad SMARTS) is 4. The molecule has 0 amide bonds. The highest BCUT2D eigenvalue weighted by Gasteiger charge is 2.35. The smallest absolute Gasteiger partial charge is 0.332 e. The standard InChI is InChI=1S/C16H27N5O8/c22-13(23)11(14(24)25)17-1-2-18-3-5-19(12(15(26)27)16(28)29)6-8-21-10-9-20(21)7-4-18/h11-12,17H,1-10H2,(H,22,23)(H,24,25)(H,26,27)(H,28,29). The van der Waals surface area contributed by atoms with Crippen molar-refractivity contribution in [2.24, 2.45) is 0 Å². The van der Waals surface area contributed by atoms with Crippen molar-refractivity contribution >= 4 is 23.9 Å². The largest absolute Gasteiger partial charge is 0.480 e. The summed E-state index contributed by atoms with van der Waals surface area (Å²) in [6.07, 6.45) is 0. The second kappa shape index (κ2) is 10.5. The summed E-state index contributed by atoms with van der Waals surface area (Å²) in [5.74, 6) is -5.80. The van der Waals surface area contributed by atoms with Crippen molar-refractivity contribution in [1.29, 1.82) is 0 Å². The van der Waals surface area contributed by atoms with Crippen LogP contribution in [0.1, 0.15) is 0 Å². The Morgan fingerprint density at radius 3 is 1.62 bits per heavy atom. The van der Waals surface area contributed by atoms with Crippen molar-refractivity contribution in [3.8, 4) is 0 Å². The number of hydrogen-bond acceptors (Lipinski definition) is 9. The van der Waals surface area contributed by atoms with Gasteiger partial charge in [-0.05, 0) is 0 Å². The van der Waals surface area contributed by atoms with Gasteiger partial charge in [-0.15, -0.1) is 0 Å². The second-order valence-electron chi connectivity index (χ2n) is 6.93. The van der Waals surface area contributed by atoms with Gasteiger partial charge in [0, 0.05) is 65.4 Å². The monoisotopic (exact) mass is 417 g/mol. The first-order chi connectivity index (χ1) is 13.7. The minimum absolute atomic E-state index is 0.105. The molecule has 0 saturated carbocycles. The number of aliphatic carboxylic acids is 4. The van der Waals surface area contributed by atoms with Crippen LogP contribution in [0.2, 0.25) is 0 Å². The van der Waals surface area contributed by atoms with E-state index in [1.807, 2.05) is 9.91 Å². The van der Waals surface area contributed by atoms with Crippen LogP contribution in [0, 0.1) is 0 Å². The van der Waals surface area contributed by atoms with E-state index in [-0.39, 0.29) is 19.6 Å². The molecule has 5 N–H and O–H groups in total. The molecule has 0 atom stereocenters. The van der Waals surface area contributed by atoms with Gasteiger partial charge in [0.2, 0.25) is 12.1 Å². The Hall–Kier alpha value is -2.32.